The zero-order chi connectivity index (χ0) is 16.8. The Morgan fingerprint density at radius 3 is 2.52 bits per heavy atom. The van der Waals surface area contributed by atoms with Crippen LogP contribution in [-0.2, 0) is 0 Å². The molecule has 2 aliphatic heterocycles. The highest BCUT2D eigenvalue weighted by Gasteiger charge is 2.17. The number of hydrogen-bond donors (Lipinski definition) is 1. The lowest BCUT2D eigenvalue weighted by Gasteiger charge is -2.36. The van der Waals surface area contributed by atoms with Crippen LogP contribution in [-0.4, -0.2) is 79.6 Å². The lowest BCUT2D eigenvalue weighted by Crippen LogP contribution is -2.47. The lowest BCUT2D eigenvalue weighted by molar-refractivity contribution is 0.264. The number of rotatable bonds is 4. The normalized spacial score (nSPS) is 19.6. The van der Waals surface area contributed by atoms with Gasteiger partial charge in [-0.05, 0) is 18.2 Å². The van der Waals surface area contributed by atoms with E-state index in [-0.39, 0.29) is 24.0 Å². The van der Waals surface area contributed by atoms with Crippen LogP contribution in [0.3, 0.4) is 0 Å². The van der Waals surface area contributed by atoms with Crippen LogP contribution in [0.15, 0.2) is 29.3 Å². The van der Waals surface area contributed by atoms with Crippen molar-refractivity contribution in [1.82, 2.24) is 9.80 Å². The predicted octanol–water partition coefficient (Wildman–Crippen LogP) is 2.44. The Bertz CT molecular complexity index is 560. The average molecular weight is 496 g/mol. The molecule has 0 aliphatic carbocycles. The van der Waals surface area contributed by atoms with Crippen molar-refractivity contribution in [2.75, 3.05) is 68.8 Å². The third kappa shape index (κ3) is 6.37. The van der Waals surface area contributed by atoms with Gasteiger partial charge in [0.05, 0.1) is 6.54 Å². The Kier molecular flexibility index (Phi) is 8.95. The summed E-state index contributed by atoms with van der Waals surface area (Å²) >= 11 is 8.07. The Labute approximate surface area is 177 Å². The van der Waals surface area contributed by atoms with Gasteiger partial charge in [-0.1, -0.05) is 17.7 Å². The minimum absolute atomic E-state index is 0. The number of halogens is 2. The minimum atomic E-state index is 0. The first kappa shape index (κ1) is 20.9. The molecule has 0 radical (unpaired) electrons. The maximum Gasteiger partial charge on any atom is 0.191 e. The molecule has 0 atom stereocenters. The molecule has 140 valence electrons. The van der Waals surface area contributed by atoms with Gasteiger partial charge in [0.1, 0.15) is 0 Å². The molecular weight excluding hydrogens is 469 g/mol. The van der Waals surface area contributed by atoms with Gasteiger partial charge >= 0.3 is 0 Å². The zero-order valence-electron chi connectivity index (χ0n) is 14.4. The van der Waals surface area contributed by atoms with Crippen LogP contribution in [0.4, 0.5) is 5.69 Å². The van der Waals surface area contributed by atoms with E-state index in [0.29, 0.717) is 5.96 Å². The quantitative estimate of drug-likeness (QED) is 0.395. The number of aliphatic imine (C=N–C) groups is 1. The van der Waals surface area contributed by atoms with E-state index < -0.39 is 0 Å². The van der Waals surface area contributed by atoms with E-state index >= 15 is 0 Å². The molecule has 2 aliphatic rings. The first-order chi connectivity index (χ1) is 11.7. The molecule has 2 heterocycles. The average Bonchev–Trinajstić information content (AvgIpc) is 2.63. The van der Waals surface area contributed by atoms with Gasteiger partial charge in [0.25, 0.3) is 0 Å². The first-order valence-electron chi connectivity index (χ1n) is 8.58. The van der Waals surface area contributed by atoms with Crippen molar-refractivity contribution in [3.63, 3.8) is 0 Å². The maximum absolute atomic E-state index is 6.10. The number of hydrogen-bond acceptors (Lipinski definition) is 4. The van der Waals surface area contributed by atoms with Crippen LogP contribution >= 0.6 is 47.3 Å². The second-order valence-corrected chi connectivity index (χ2v) is 7.81. The fourth-order valence-electron chi connectivity index (χ4n) is 3.10. The largest absolute Gasteiger partial charge is 0.370 e. The van der Waals surface area contributed by atoms with Crippen LogP contribution in [0.2, 0.25) is 5.02 Å². The Morgan fingerprint density at radius 2 is 1.84 bits per heavy atom. The van der Waals surface area contributed by atoms with Crippen LogP contribution in [0, 0.1) is 0 Å². The van der Waals surface area contributed by atoms with E-state index in [1.165, 1.54) is 5.69 Å². The van der Waals surface area contributed by atoms with Crippen molar-refractivity contribution in [1.29, 1.82) is 0 Å². The van der Waals surface area contributed by atoms with Crippen molar-refractivity contribution in [2.24, 2.45) is 10.7 Å². The van der Waals surface area contributed by atoms with Crippen molar-refractivity contribution >= 4 is 59.0 Å². The summed E-state index contributed by atoms with van der Waals surface area (Å²) in [5.41, 5.74) is 7.32. The standard InChI is InChI=1S/C17H26ClN5S.HI/c18-15-2-1-3-16(14-15)22-8-6-21(7-9-22)5-4-20-17(19)23-10-12-24-13-11-23;/h1-3,14H,4-13H2,(H2,19,20);1H. The second-order valence-electron chi connectivity index (χ2n) is 6.15. The van der Waals surface area contributed by atoms with Crippen LogP contribution in [0.1, 0.15) is 0 Å². The monoisotopic (exact) mass is 495 g/mol. The van der Waals surface area contributed by atoms with E-state index in [0.717, 1.165) is 68.9 Å². The molecule has 0 saturated carbocycles. The van der Waals surface area contributed by atoms with E-state index in [1.54, 1.807) is 0 Å². The molecule has 2 fully saturated rings. The molecule has 0 spiro atoms. The third-order valence-corrected chi connectivity index (χ3v) is 5.75. The van der Waals surface area contributed by atoms with Gasteiger partial charge in [-0.2, -0.15) is 11.8 Å². The van der Waals surface area contributed by atoms with Crippen molar-refractivity contribution in [3.05, 3.63) is 29.3 Å². The fourth-order valence-corrected chi connectivity index (χ4v) is 4.19. The van der Waals surface area contributed by atoms with Gasteiger partial charge in [-0.25, -0.2) is 0 Å². The molecule has 8 heteroatoms. The molecule has 25 heavy (non-hydrogen) atoms. The topological polar surface area (TPSA) is 48.1 Å². The molecule has 0 amide bonds. The Hall–Kier alpha value is -0.380. The van der Waals surface area contributed by atoms with E-state index in [9.17, 15) is 0 Å². The van der Waals surface area contributed by atoms with E-state index in [2.05, 4.69) is 25.8 Å². The summed E-state index contributed by atoms with van der Waals surface area (Å²) < 4.78 is 0. The predicted molar refractivity (Wildman–Crippen MR) is 121 cm³/mol. The highest BCUT2D eigenvalue weighted by atomic mass is 127. The Morgan fingerprint density at radius 1 is 1.12 bits per heavy atom. The molecule has 1 aromatic rings. The number of anilines is 1. The number of thioether (sulfide) groups is 1. The first-order valence-corrected chi connectivity index (χ1v) is 10.1. The molecule has 0 bridgehead atoms. The maximum atomic E-state index is 6.10. The Balaban J connectivity index is 0.00000225. The molecule has 0 aromatic heterocycles. The number of piperazine rings is 1. The number of nitrogens with two attached hydrogens (primary N) is 1. The van der Waals surface area contributed by atoms with E-state index in [1.807, 2.05) is 30.0 Å². The summed E-state index contributed by atoms with van der Waals surface area (Å²) in [5.74, 6) is 3.02. The molecule has 2 saturated heterocycles. The van der Waals surface area contributed by atoms with Crippen LogP contribution < -0.4 is 10.6 Å². The smallest absolute Gasteiger partial charge is 0.191 e. The van der Waals surface area contributed by atoms with Crippen molar-refractivity contribution in [2.45, 2.75) is 0 Å². The van der Waals surface area contributed by atoms with Gasteiger partial charge in [-0.15, -0.1) is 24.0 Å². The lowest BCUT2D eigenvalue weighted by atomic mass is 10.2. The van der Waals surface area contributed by atoms with Gasteiger partial charge in [-0.3, -0.25) is 9.89 Å². The summed E-state index contributed by atoms with van der Waals surface area (Å²) in [7, 11) is 0. The molecule has 2 N–H and O–H groups in total. The summed E-state index contributed by atoms with van der Waals surface area (Å²) in [6.45, 7) is 7.99. The molecule has 3 rings (SSSR count). The number of guanidine groups is 1. The van der Waals surface area contributed by atoms with Crippen molar-refractivity contribution in [3.8, 4) is 0 Å². The highest BCUT2D eigenvalue weighted by molar-refractivity contribution is 14.0. The van der Waals surface area contributed by atoms with Gasteiger partial charge in [0, 0.05) is 68.0 Å². The highest BCUT2D eigenvalue weighted by Crippen LogP contribution is 2.20. The number of benzene rings is 1. The van der Waals surface area contributed by atoms with Gasteiger partial charge in [0.15, 0.2) is 5.96 Å². The number of nitrogens with zero attached hydrogens (tertiary/aromatic N) is 4. The van der Waals surface area contributed by atoms with E-state index in [4.69, 9.17) is 17.3 Å². The van der Waals surface area contributed by atoms with Crippen LogP contribution in [0.25, 0.3) is 0 Å². The summed E-state index contributed by atoms with van der Waals surface area (Å²) in [4.78, 5) is 11.6. The molecule has 0 unspecified atom stereocenters. The molecular formula is C17H27ClIN5S. The summed E-state index contributed by atoms with van der Waals surface area (Å²) in [5, 5.41) is 0.802. The van der Waals surface area contributed by atoms with Gasteiger partial charge in [0.2, 0.25) is 0 Å². The summed E-state index contributed by atoms with van der Waals surface area (Å²) in [6.07, 6.45) is 0. The zero-order valence-corrected chi connectivity index (χ0v) is 18.3. The van der Waals surface area contributed by atoms with Crippen LogP contribution in [0.5, 0.6) is 0 Å². The third-order valence-electron chi connectivity index (χ3n) is 4.57. The fraction of sp³-hybridized carbons (Fsp3) is 0.588. The minimum Gasteiger partial charge on any atom is -0.370 e. The van der Waals surface area contributed by atoms with Crippen molar-refractivity contribution < 1.29 is 0 Å². The summed E-state index contributed by atoms with van der Waals surface area (Å²) in [6, 6.07) is 8.11. The molecule has 5 nitrogen and oxygen atoms in total. The SMILES string of the molecule is I.NC(=NCCN1CCN(c2cccc(Cl)c2)CC1)N1CCSCC1. The van der Waals surface area contributed by atoms with Gasteiger partial charge < -0.3 is 15.5 Å². The molecule has 1 aromatic carbocycles. The second kappa shape index (κ2) is 10.7.